The second kappa shape index (κ2) is 8.12. The lowest BCUT2D eigenvalue weighted by atomic mass is 10.1. The predicted molar refractivity (Wildman–Crippen MR) is 89.5 cm³/mol. The van der Waals surface area contributed by atoms with Crippen LogP contribution in [-0.4, -0.2) is 37.1 Å². The summed E-state index contributed by atoms with van der Waals surface area (Å²) in [7, 11) is 5.40. The van der Waals surface area contributed by atoms with E-state index in [2.05, 4.69) is 15.3 Å². The molecule has 2 rings (SSSR count). The van der Waals surface area contributed by atoms with Crippen molar-refractivity contribution in [3.63, 3.8) is 0 Å². The van der Waals surface area contributed by atoms with Gasteiger partial charge in [0.15, 0.2) is 0 Å². The van der Waals surface area contributed by atoms with Gasteiger partial charge in [0.05, 0.1) is 19.3 Å². The van der Waals surface area contributed by atoms with Crippen molar-refractivity contribution in [2.24, 2.45) is 0 Å². The predicted octanol–water partition coefficient (Wildman–Crippen LogP) is 1.80. The second-order valence-corrected chi connectivity index (χ2v) is 5.37. The van der Waals surface area contributed by atoms with Crippen LogP contribution in [0, 0.1) is 0 Å². The summed E-state index contributed by atoms with van der Waals surface area (Å²) in [6.07, 6.45) is 2.83. The molecule has 6 heteroatoms. The minimum atomic E-state index is 0.00540. The molecule has 23 heavy (non-hydrogen) atoms. The van der Waals surface area contributed by atoms with Crippen molar-refractivity contribution in [2.45, 2.75) is 19.4 Å². The van der Waals surface area contributed by atoms with Crippen molar-refractivity contribution in [3.8, 4) is 5.75 Å². The molecule has 6 nitrogen and oxygen atoms in total. The van der Waals surface area contributed by atoms with Gasteiger partial charge in [-0.3, -0.25) is 4.79 Å². The number of benzene rings is 1. The number of nitrogens with zero attached hydrogens (tertiary/aromatic N) is 3. The van der Waals surface area contributed by atoms with Crippen molar-refractivity contribution < 1.29 is 9.53 Å². The van der Waals surface area contributed by atoms with Gasteiger partial charge in [-0.15, -0.1) is 0 Å². The van der Waals surface area contributed by atoms with Gasteiger partial charge in [-0.05, 0) is 30.2 Å². The van der Waals surface area contributed by atoms with Crippen molar-refractivity contribution >= 4 is 11.9 Å². The van der Waals surface area contributed by atoms with E-state index in [0.717, 1.165) is 17.0 Å². The number of hydrogen-bond donors (Lipinski definition) is 1. The molecule has 0 aliphatic heterocycles. The maximum Gasteiger partial charge on any atom is 0.225 e. The fourth-order valence-corrected chi connectivity index (χ4v) is 2.03. The summed E-state index contributed by atoms with van der Waals surface area (Å²) in [5.74, 6) is 1.46. The standard InChI is InChI=1S/C17H22N4O2/c1-21(2)17-18-11-10-14(20-17)12-19-16(22)9-6-13-4-7-15(23-3)8-5-13/h4-5,7-8,10-11H,6,9,12H2,1-3H3,(H,19,22). The van der Waals surface area contributed by atoms with Crippen LogP contribution in [0.5, 0.6) is 5.75 Å². The van der Waals surface area contributed by atoms with Crippen LogP contribution in [0.2, 0.25) is 0 Å². The highest BCUT2D eigenvalue weighted by Crippen LogP contribution is 2.12. The minimum Gasteiger partial charge on any atom is -0.497 e. The molecule has 1 N–H and O–H groups in total. The highest BCUT2D eigenvalue weighted by Gasteiger charge is 2.05. The van der Waals surface area contributed by atoms with Crippen LogP contribution in [-0.2, 0) is 17.8 Å². The third kappa shape index (κ3) is 5.25. The molecule has 1 aromatic heterocycles. The summed E-state index contributed by atoms with van der Waals surface area (Å²) >= 11 is 0. The molecule has 0 saturated heterocycles. The molecule has 0 aliphatic carbocycles. The Morgan fingerprint density at radius 3 is 2.61 bits per heavy atom. The Morgan fingerprint density at radius 2 is 1.96 bits per heavy atom. The fourth-order valence-electron chi connectivity index (χ4n) is 2.03. The molecular weight excluding hydrogens is 292 g/mol. The molecule has 0 spiro atoms. The first-order chi connectivity index (χ1) is 11.1. The lowest BCUT2D eigenvalue weighted by Gasteiger charge is -2.11. The van der Waals surface area contributed by atoms with E-state index >= 15 is 0 Å². The lowest BCUT2D eigenvalue weighted by molar-refractivity contribution is -0.121. The third-order valence-corrected chi connectivity index (χ3v) is 3.37. The number of methoxy groups -OCH3 is 1. The quantitative estimate of drug-likeness (QED) is 0.844. The van der Waals surface area contributed by atoms with E-state index in [1.54, 1.807) is 19.4 Å². The zero-order valence-corrected chi connectivity index (χ0v) is 13.7. The number of nitrogens with one attached hydrogen (secondary N) is 1. The molecule has 0 atom stereocenters. The van der Waals surface area contributed by atoms with E-state index in [9.17, 15) is 4.79 Å². The number of ether oxygens (including phenoxy) is 1. The van der Waals surface area contributed by atoms with Crippen LogP contribution < -0.4 is 15.0 Å². The average Bonchev–Trinajstić information content (AvgIpc) is 2.58. The number of carbonyl (C=O) groups is 1. The van der Waals surface area contributed by atoms with Gasteiger partial charge in [-0.1, -0.05) is 12.1 Å². The summed E-state index contributed by atoms with van der Waals surface area (Å²) in [5.41, 5.74) is 1.90. The largest absolute Gasteiger partial charge is 0.497 e. The number of hydrogen-bond acceptors (Lipinski definition) is 5. The summed E-state index contributed by atoms with van der Waals surface area (Å²) < 4.78 is 5.11. The lowest BCUT2D eigenvalue weighted by Crippen LogP contribution is -2.24. The summed E-state index contributed by atoms with van der Waals surface area (Å²) in [6.45, 7) is 0.408. The van der Waals surface area contributed by atoms with Crippen LogP contribution in [0.25, 0.3) is 0 Å². The molecule has 1 amide bonds. The van der Waals surface area contributed by atoms with E-state index < -0.39 is 0 Å². The van der Waals surface area contributed by atoms with Gasteiger partial charge in [-0.25, -0.2) is 9.97 Å². The Balaban J connectivity index is 1.79. The van der Waals surface area contributed by atoms with E-state index in [-0.39, 0.29) is 5.91 Å². The van der Waals surface area contributed by atoms with Gasteiger partial charge in [0, 0.05) is 26.7 Å². The van der Waals surface area contributed by atoms with Gasteiger partial charge in [0.1, 0.15) is 5.75 Å². The number of aryl methyl sites for hydroxylation is 1. The Hall–Kier alpha value is -2.63. The summed E-state index contributed by atoms with van der Waals surface area (Å²) in [6, 6.07) is 9.55. The van der Waals surface area contributed by atoms with Gasteiger partial charge in [0.2, 0.25) is 11.9 Å². The van der Waals surface area contributed by atoms with Crippen LogP contribution in [0.4, 0.5) is 5.95 Å². The van der Waals surface area contributed by atoms with Crippen molar-refractivity contribution in [1.29, 1.82) is 0 Å². The number of amides is 1. The number of aromatic nitrogens is 2. The Labute approximate surface area is 136 Å². The summed E-state index contributed by atoms with van der Waals surface area (Å²) in [4.78, 5) is 22.3. The van der Waals surface area contributed by atoms with E-state index in [1.807, 2.05) is 43.3 Å². The number of rotatable bonds is 7. The van der Waals surface area contributed by atoms with E-state index in [0.29, 0.717) is 25.3 Å². The van der Waals surface area contributed by atoms with Crippen LogP contribution in [0.3, 0.4) is 0 Å². The highest BCUT2D eigenvalue weighted by atomic mass is 16.5. The maximum atomic E-state index is 11.9. The Bertz CT molecular complexity index is 641. The van der Waals surface area contributed by atoms with Crippen LogP contribution >= 0.6 is 0 Å². The van der Waals surface area contributed by atoms with Gasteiger partial charge < -0.3 is 15.0 Å². The molecule has 2 aromatic rings. The molecule has 0 saturated carbocycles. The molecule has 1 aromatic carbocycles. The van der Waals surface area contributed by atoms with Crippen molar-refractivity contribution in [2.75, 3.05) is 26.1 Å². The fraction of sp³-hybridized carbons (Fsp3) is 0.353. The van der Waals surface area contributed by atoms with Crippen LogP contribution in [0.1, 0.15) is 17.7 Å². The first kappa shape index (κ1) is 16.7. The molecular formula is C17H22N4O2. The molecule has 0 aliphatic rings. The molecule has 0 unspecified atom stereocenters. The molecule has 0 fully saturated rings. The van der Waals surface area contributed by atoms with E-state index in [1.165, 1.54) is 0 Å². The van der Waals surface area contributed by atoms with Crippen molar-refractivity contribution in [3.05, 3.63) is 47.8 Å². The average molecular weight is 314 g/mol. The SMILES string of the molecule is COc1ccc(CCC(=O)NCc2ccnc(N(C)C)n2)cc1. The van der Waals surface area contributed by atoms with Gasteiger partial charge in [-0.2, -0.15) is 0 Å². The van der Waals surface area contributed by atoms with Gasteiger partial charge >= 0.3 is 0 Å². The first-order valence-corrected chi connectivity index (χ1v) is 7.47. The zero-order valence-electron chi connectivity index (χ0n) is 13.7. The molecule has 122 valence electrons. The Kier molecular flexibility index (Phi) is 5.91. The highest BCUT2D eigenvalue weighted by molar-refractivity contribution is 5.76. The monoisotopic (exact) mass is 314 g/mol. The molecule has 0 radical (unpaired) electrons. The van der Waals surface area contributed by atoms with E-state index in [4.69, 9.17) is 4.74 Å². The zero-order chi connectivity index (χ0) is 16.7. The normalized spacial score (nSPS) is 10.2. The van der Waals surface area contributed by atoms with Gasteiger partial charge in [0.25, 0.3) is 0 Å². The Morgan fingerprint density at radius 1 is 1.22 bits per heavy atom. The topological polar surface area (TPSA) is 67.3 Å². The maximum absolute atomic E-state index is 11.9. The number of anilines is 1. The third-order valence-electron chi connectivity index (χ3n) is 3.37. The summed E-state index contributed by atoms with van der Waals surface area (Å²) in [5, 5.41) is 2.89. The second-order valence-electron chi connectivity index (χ2n) is 5.37. The van der Waals surface area contributed by atoms with Crippen molar-refractivity contribution in [1.82, 2.24) is 15.3 Å². The minimum absolute atomic E-state index is 0.00540. The molecule has 1 heterocycles. The smallest absolute Gasteiger partial charge is 0.225 e. The molecule has 0 bridgehead atoms. The number of carbonyl (C=O) groups excluding carboxylic acids is 1. The first-order valence-electron chi connectivity index (χ1n) is 7.47. The van der Waals surface area contributed by atoms with Crippen LogP contribution in [0.15, 0.2) is 36.5 Å².